The first kappa shape index (κ1) is 11.6. The van der Waals surface area contributed by atoms with Crippen LogP contribution in [0.2, 0.25) is 0 Å². The van der Waals surface area contributed by atoms with Gasteiger partial charge in [0.2, 0.25) is 0 Å². The molecule has 0 spiro atoms. The van der Waals surface area contributed by atoms with Gasteiger partial charge in [-0.15, -0.1) is 0 Å². The van der Waals surface area contributed by atoms with E-state index in [1.54, 1.807) is 0 Å². The van der Waals surface area contributed by atoms with Gasteiger partial charge in [-0.1, -0.05) is 13.8 Å². The zero-order valence-electron chi connectivity index (χ0n) is 11.0. The number of carboxylic acid groups (broad SMARTS) is 1. The first-order valence-corrected chi connectivity index (χ1v) is 7.20. The predicted molar refractivity (Wildman–Crippen MR) is 66.6 cm³/mol. The summed E-state index contributed by atoms with van der Waals surface area (Å²) in [6.45, 7) is 4.35. The zero-order chi connectivity index (χ0) is 12.2. The van der Waals surface area contributed by atoms with Gasteiger partial charge in [0.1, 0.15) is 0 Å². The molecule has 0 aromatic rings. The summed E-state index contributed by atoms with van der Waals surface area (Å²) < 4.78 is 0. The molecule has 0 heterocycles. The van der Waals surface area contributed by atoms with E-state index in [9.17, 15) is 4.79 Å². The lowest BCUT2D eigenvalue weighted by Crippen LogP contribution is -2.50. The monoisotopic (exact) mass is 236 g/mol. The number of aliphatic carboxylic acids is 1. The average molecular weight is 236 g/mol. The van der Waals surface area contributed by atoms with Gasteiger partial charge in [-0.2, -0.15) is 0 Å². The minimum absolute atomic E-state index is 0.148. The molecule has 2 heteroatoms. The predicted octanol–water partition coefficient (Wildman–Crippen LogP) is 3.56. The second-order valence-corrected chi connectivity index (χ2v) is 7.42. The highest BCUT2D eigenvalue weighted by Crippen LogP contribution is 2.62. The Kier molecular flexibility index (Phi) is 2.53. The highest BCUT2D eigenvalue weighted by atomic mass is 16.4. The molecule has 4 bridgehead atoms. The fraction of sp³-hybridized carbons (Fsp3) is 0.933. The van der Waals surface area contributed by atoms with Crippen LogP contribution in [0.1, 0.15) is 52.4 Å². The molecular formula is C15H24O2. The van der Waals surface area contributed by atoms with Crippen LogP contribution >= 0.6 is 0 Å². The summed E-state index contributed by atoms with van der Waals surface area (Å²) in [7, 11) is 0. The Morgan fingerprint density at radius 3 is 2.35 bits per heavy atom. The van der Waals surface area contributed by atoms with Crippen molar-refractivity contribution < 1.29 is 9.90 Å². The van der Waals surface area contributed by atoms with E-state index < -0.39 is 5.97 Å². The fourth-order valence-electron chi connectivity index (χ4n) is 5.43. The standard InChI is InChI=1S/C15H24O2/c1-9(14(16)17)3-13-11-4-10-5-12(13)8-15(2,6-10)7-11/h9-13H,3-8H2,1-2H3,(H,16,17). The molecule has 96 valence electrons. The summed E-state index contributed by atoms with van der Waals surface area (Å²) in [6.07, 6.45) is 7.90. The Labute approximate surface area is 104 Å². The lowest BCUT2D eigenvalue weighted by molar-refractivity contribution is -0.144. The van der Waals surface area contributed by atoms with Gasteiger partial charge in [-0.25, -0.2) is 0 Å². The molecule has 0 aromatic carbocycles. The maximum atomic E-state index is 11.0. The minimum atomic E-state index is -0.606. The molecule has 17 heavy (non-hydrogen) atoms. The van der Waals surface area contributed by atoms with Crippen molar-refractivity contribution in [1.82, 2.24) is 0 Å². The van der Waals surface area contributed by atoms with Gasteiger partial charge in [-0.3, -0.25) is 4.79 Å². The van der Waals surface area contributed by atoms with Crippen LogP contribution in [-0.2, 0) is 4.79 Å². The molecule has 0 aromatic heterocycles. The Morgan fingerprint density at radius 1 is 1.29 bits per heavy atom. The van der Waals surface area contributed by atoms with Crippen molar-refractivity contribution in [3.63, 3.8) is 0 Å². The van der Waals surface area contributed by atoms with Gasteiger partial charge in [0.25, 0.3) is 0 Å². The summed E-state index contributed by atoms with van der Waals surface area (Å²) in [5.41, 5.74) is 0.611. The summed E-state index contributed by atoms with van der Waals surface area (Å²) >= 11 is 0. The van der Waals surface area contributed by atoms with Gasteiger partial charge >= 0.3 is 5.97 Å². The minimum Gasteiger partial charge on any atom is -0.481 e. The number of hydrogen-bond acceptors (Lipinski definition) is 1. The maximum Gasteiger partial charge on any atom is 0.306 e. The van der Waals surface area contributed by atoms with E-state index in [1.165, 1.54) is 32.1 Å². The van der Waals surface area contributed by atoms with Crippen molar-refractivity contribution in [1.29, 1.82) is 0 Å². The molecule has 0 amide bonds. The third kappa shape index (κ3) is 1.90. The number of hydrogen-bond donors (Lipinski definition) is 1. The summed E-state index contributed by atoms with van der Waals surface area (Å²) in [5.74, 6) is 2.61. The second-order valence-electron chi connectivity index (χ2n) is 7.42. The lowest BCUT2D eigenvalue weighted by atomic mass is 9.46. The highest BCUT2D eigenvalue weighted by molar-refractivity contribution is 5.69. The molecule has 4 rings (SSSR count). The van der Waals surface area contributed by atoms with E-state index in [-0.39, 0.29) is 5.92 Å². The topological polar surface area (TPSA) is 37.3 Å². The van der Waals surface area contributed by atoms with E-state index >= 15 is 0 Å². The van der Waals surface area contributed by atoms with Crippen molar-refractivity contribution >= 4 is 5.97 Å². The van der Waals surface area contributed by atoms with Crippen molar-refractivity contribution in [3.8, 4) is 0 Å². The Bertz CT molecular complexity index is 320. The number of rotatable bonds is 3. The Hall–Kier alpha value is -0.530. The van der Waals surface area contributed by atoms with Gasteiger partial charge in [-0.05, 0) is 67.6 Å². The summed E-state index contributed by atoms with van der Waals surface area (Å²) in [6, 6.07) is 0. The Balaban J connectivity index is 1.74. The van der Waals surface area contributed by atoms with Gasteiger partial charge in [0.05, 0.1) is 5.92 Å². The summed E-state index contributed by atoms with van der Waals surface area (Å²) in [4.78, 5) is 11.0. The molecule has 4 aliphatic rings. The SMILES string of the molecule is CC(CC1C2CC3CC1CC(C)(C3)C2)C(=O)O. The molecule has 0 radical (unpaired) electrons. The first-order chi connectivity index (χ1) is 7.97. The number of carboxylic acids is 1. The molecule has 0 saturated heterocycles. The second kappa shape index (κ2) is 3.73. The van der Waals surface area contributed by atoms with E-state index in [0.29, 0.717) is 11.3 Å². The molecule has 1 N–H and O–H groups in total. The van der Waals surface area contributed by atoms with Gasteiger partial charge < -0.3 is 5.11 Å². The molecule has 3 unspecified atom stereocenters. The van der Waals surface area contributed by atoms with E-state index in [1.807, 2.05) is 6.92 Å². The van der Waals surface area contributed by atoms with E-state index in [0.717, 1.165) is 24.2 Å². The molecule has 4 aliphatic carbocycles. The third-order valence-electron chi connectivity index (χ3n) is 5.82. The molecular weight excluding hydrogens is 212 g/mol. The average Bonchev–Trinajstić information content (AvgIpc) is 2.20. The van der Waals surface area contributed by atoms with Crippen molar-refractivity contribution in [3.05, 3.63) is 0 Å². The normalized spacial score (nSPS) is 49.3. The van der Waals surface area contributed by atoms with Crippen molar-refractivity contribution in [2.24, 2.45) is 35.0 Å². The number of carbonyl (C=O) groups is 1. The van der Waals surface area contributed by atoms with Crippen LogP contribution in [-0.4, -0.2) is 11.1 Å². The highest BCUT2D eigenvalue weighted by Gasteiger charge is 2.53. The third-order valence-corrected chi connectivity index (χ3v) is 5.82. The van der Waals surface area contributed by atoms with Crippen molar-refractivity contribution in [2.45, 2.75) is 52.4 Å². The molecule has 2 nitrogen and oxygen atoms in total. The van der Waals surface area contributed by atoms with Crippen LogP contribution in [0.4, 0.5) is 0 Å². The molecule has 3 atom stereocenters. The first-order valence-electron chi connectivity index (χ1n) is 7.20. The van der Waals surface area contributed by atoms with Crippen LogP contribution in [0.5, 0.6) is 0 Å². The van der Waals surface area contributed by atoms with Gasteiger partial charge in [0, 0.05) is 0 Å². The van der Waals surface area contributed by atoms with Gasteiger partial charge in [0.15, 0.2) is 0 Å². The molecule has 4 saturated carbocycles. The fourth-order valence-corrected chi connectivity index (χ4v) is 5.43. The van der Waals surface area contributed by atoms with Crippen LogP contribution < -0.4 is 0 Å². The van der Waals surface area contributed by atoms with Crippen LogP contribution in [0.25, 0.3) is 0 Å². The van der Waals surface area contributed by atoms with Crippen LogP contribution in [0, 0.1) is 35.0 Å². The van der Waals surface area contributed by atoms with E-state index in [4.69, 9.17) is 5.11 Å². The quantitative estimate of drug-likeness (QED) is 0.813. The molecule has 4 fully saturated rings. The Morgan fingerprint density at radius 2 is 1.88 bits per heavy atom. The summed E-state index contributed by atoms with van der Waals surface area (Å²) in [5, 5.41) is 9.09. The smallest absolute Gasteiger partial charge is 0.306 e. The molecule has 0 aliphatic heterocycles. The van der Waals surface area contributed by atoms with E-state index in [2.05, 4.69) is 6.92 Å². The largest absolute Gasteiger partial charge is 0.481 e. The van der Waals surface area contributed by atoms with Crippen LogP contribution in [0.3, 0.4) is 0 Å². The lowest BCUT2D eigenvalue weighted by Gasteiger charge is -2.59. The zero-order valence-corrected chi connectivity index (χ0v) is 11.0. The van der Waals surface area contributed by atoms with Crippen molar-refractivity contribution in [2.75, 3.05) is 0 Å². The maximum absolute atomic E-state index is 11.0. The van der Waals surface area contributed by atoms with Crippen LogP contribution in [0.15, 0.2) is 0 Å².